The van der Waals surface area contributed by atoms with Crippen LogP contribution in [0.1, 0.15) is 52.6 Å². The molecule has 2 unspecified atom stereocenters. The van der Waals surface area contributed by atoms with Crippen LogP contribution in [0.5, 0.6) is 0 Å². The number of halogens is 1. The van der Waals surface area contributed by atoms with Crippen LogP contribution in [-0.4, -0.2) is 21.9 Å². The van der Waals surface area contributed by atoms with Crippen LogP contribution in [0.15, 0.2) is 30.5 Å². The molecule has 4 nitrogen and oxygen atoms in total. The van der Waals surface area contributed by atoms with Crippen molar-refractivity contribution in [3.05, 3.63) is 58.9 Å². The van der Waals surface area contributed by atoms with Crippen LogP contribution in [0.4, 0.5) is 4.39 Å². The summed E-state index contributed by atoms with van der Waals surface area (Å²) in [6.07, 6.45) is 4.27. The molecule has 3 rings (SSSR count). The summed E-state index contributed by atoms with van der Waals surface area (Å²) in [6, 6.07) is 6.85. The van der Waals surface area contributed by atoms with Crippen molar-refractivity contribution in [3.8, 4) is 0 Å². The first-order chi connectivity index (χ1) is 11.0. The van der Waals surface area contributed by atoms with Gasteiger partial charge in [-0.3, -0.25) is 4.79 Å². The van der Waals surface area contributed by atoms with Gasteiger partial charge in [0.2, 0.25) is 0 Å². The summed E-state index contributed by atoms with van der Waals surface area (Å²) in [5.74, 6) is 0.618. The molecule has 1 N–H and O–H groups in total. The van der Waals surface area contributed by atoms with E-state index in [1.165, 1.54) is 6.07 Å². The molecule has 1 aliphatic rings. The molecule has 23 heavy (non-hydrogen) atoms. The van der Waals surface area contributed by atoms with Crippen LogP contribution >= 0.6 is 0 Å². The molecule has 1 aliphatic carbocycles. The van der Waals surface area contributed by atoms with E-state index in [-0.39, 0.29) is 17.8 Å². The molecule has 1 aromatic carbocycles. The lowest BCUT2D eigenvalue weighted by Gasteiger charge is -2.14. The van der Waals surface area contributed by atoms with E-state index in [0.717, 1.165) is 24.8 Å². The maximum absolute atomic E-state index is 13.3. The molecule has 5 heteroatoms. The molecular formula is C18H20FN3O. The minimum Gasteiger partial charge on any atom is -0.349 e. The molecule has 1 heterocycles. The summed E-state index contributed by atoms with van der Waals surface area (Å²) >= 11 is 0. The maximum atomic E-state index is 13.3. The molecule has 1 aromatic heterocycles. The van der Waals surface area contributed by atoms with Crippen molar-refractivity contribution in [2.45, 2.75) is 45.1 Å². The molecule has 0 radical (unpaired) electrons. The van der Waals surface area contributed by atoms with Crippen LogP contribution in [0.3, 0.4) is 0 Å². The van der Waals surface area contributed by atoms with Crippen molar-refractivity contribution in [1.82, 2.24) is 15.3 Å². The van der Waals surface area contributed by atoms with Gasteiger partial charge in [0.05, 0.1) is 11.3 Å². The van der Waals surface area contributed by atoms with Crippen molar-refractivity contribution < 1.29 is 9.18 Å². The number of hydrogen-bond donors (Lipinski definition) is 1. The summed E-state index contributed by atoms with van der Waals surface area (Å²) in [5.41, 5.74) is 2.22. The minimum absolute atomic E-state index is 0.108. The highest BCUT2D eigenvalue weighted by Gasteiger charge is 2.27. The van der Waals surface area contributed by atoms with E-state index in [9.17, 15) is 9.18 Å². The van der Waals surface area contributed by atoms with Gasteiger partial charge in [-0.15, -0.1) is 0 Å². The second-order valence-electron chi connectivity index (χ2n) is 6.15. The lowest BCUT2D eigenvalue weighted by molar-refractivity contribution is 0.0936. The van der Waals surface area contributed by atoms with Crippen LogP contribution < -0.4 is 5.32 Å². The number of carbonyl (C=O) groups excluding carboxylic acids is 1. The fraction of sp³-hybridized carbons (Fsp3) is 0.389. The van der Waals surface area contributed by atoms with E-state index in [2.05, 4.69) is 15.3 Å². The van der Waals surface area contributed by atoms with Gasteiger partial charge in [0.25, 0.3) is 5.91 Å². The number of amides is 1. The third kappa shape index (κ3) is 3.55. The average molecular weight is 313 g/mol. The number of hydrogen-bond acceptors (Lipinski definition) is 3. The zero-order chi connectivity index (χ0) is 16.4. The van der Waals surface area contributed by atoms with Gasteiger partial charge in [-0.25, -0.2) is 14.4 Å². The third-order valence-corrected chi connectivity index (χ3v) is 4.43. The Morgan fingerprint density at radius 1 is 1.30 bits per heavy atom. The zero-order valence-corrected chi connectivity index (χ0v) is 13.3. The lowest BCUT2D eigenvalue weighted by Crippen LogP contribution is -2.33. The number of aryl methyl sites for hydroxylation is 2. The second-order valence-corrected chi connectivity index (χ2v) is 6.15. The molecule has 0 bridgehead atoms. The molecule has 2 aromatic rings. The Labute approximate surface area is 135 Å². The van der Waals surface area contributed by atoms with Gasteiger partial charge in [0.1, 0.15) is 11.6 Å². The van der Waals surface area contributed by atoms with E-state index in [1.807, 2.05) is 13.0 Å². The predicted molar refractivity (Wildman–Crippen MR) is 85.8 cm³/mol. The molecule has 120 valence electrons. The summed E-state index contributed by atoms with van der Waals surface area (Å²) in [7, 11) is 0. The smallest absolute Gasteiger partial charge is 0.254 e. The van der Waals surface area contributed by atoms with Crippen LogP contribution in [-0.2, 0) is 0 Å². The fourth-order valence-electron chi connectivity index (χ4n) is 3.25. The quantitative estimate of drug-likeness (QED) is 0.946. The van der Waals surface area contributed by atoms with Gasteiger partial charge in [0, 0.05) is 12.2 Å². The first-order valence-corrected chi connectivity index (χ1v) is 7.89. The Morgan fingerprint density at radius 2 is 2.13 bits per heavy atom. The van der Waals surface area contributed by atoms with Gasteiger partial charge in [0.15, 0.2) is 0 Å². The Hall–Kier alpha value is -2.30. The highest BCUT2D eigenvalue weighted by atomic mass is 19.1. The van der Waals surface area contributed by atoms with Crippen molar-refractivity contribution in [1.29, 1.82) is 0 Å². The van der Waals surface area contributed by atoms with Crippen LogP contribution in [0, 0.1) is 19.7 Å². The Morgan fingerprint density at radius 3 is 2.87 bits per heavy atom. The average Bonchev–Trinajstić information content (AvgIpc) is 2.95. The summed E-state index contributed by atoms with van der Waals surface area (Å²) in [5, 5.41) is 3.06. The third-order valence-electron chi connectivity index (χ3n) is 4.43. The SMILES string of the molecule is Cc1ncc(C(=O)NC2CCC(c3cccc(F)c3)C2)c(C)n1. The second kappa shape index (κ2) is 6.44. The predicted octanol–water partition coefficient (Wildman–Crippen LogP) is 3.30. The van der Waals surface area contributed by atoms with Gasteiger partial charge in [-0.05, 0) is 56.7 Å². The number of benzene rings is 1. The lowest BCUT2D eigenvalue weighted by atomic mass is 9.97. The number of nitrogens with zero attached hydrogens (tertiary/aromatic N) is 2. The first-order valence-electron chi connectivity index (χ1n) is 7.89. The molecular weight excluding hydrogens is 293 g/mol. The summed E-state index contributed by atoms with van der Waals surface area (Å²) < 4.78 is 13.3. The Bertz CT molecular complexity index is 732. The van der Waals surface area contributed by atoms with Crippen molar-refractivity contribution in [2.75, 3.05) is 0 Å². The molecule has 0 spiro atoms. The zero-order valence-electron chi connectivity index (χ0n) is 13.3. The molecule has 1 fully saturated rings. The molecule has 0 aliphatic heterocycles. The number of carbonyl (C=O) groups is 1. The van der Waals surface area contributed by atoms with E-state index in [4.69, 9.17) is 0 Å². The largest absolute Gasteiger partial charge is 0.349 e. The van der Waals surface area contributed by atoms with E-state index in [1.54, 1.807) is 25.3 Å². The number of nitrogens with one attached hydrogen (secondary N) is 1. The Kier molecular flexibility index (Phi) is 4.37. The van der Waals surface area contributed by atoms with Crippen molar-refractivity contribution >= 4 is 5.91 Å². The summed E-state index contributed by atoms with van der Waals surface area (Å²) in [4.78, 5) is 20.7. The van der Waals surface area contributed by atoms with Crippen molar-refractivity contribution in [3.63, 3.8) is 0 Å². The first kappa shape index (κ1) is 15.6. The van der Waals surface area contributed by atoms with E-state index >= 15 is 0 Å². The van der Waals surface area contributed by atoms with E-state index < -0.39 is 0 Å². The monoisotopic (exact) mass is 313 g/mol. The van der Waals surface area contributed by atoms with Gasteiger partial charge in [-0.2, -0.15) is 0 Å². The standard InChI is InChI=1S/C18H20FN3O/c1-11-17(10-20-12(2)21-11)18(23)22-16-7-6-14(9-16)13-4-3-5-15(19)8-13/h3-5,8,10,14,16H,6-7,9H2,1-2H3,(H,22,23). The Balaban J connectivity index is 1.64. The summed E-state index contributed by atoms with van der Waals surface area (Å²) in [6.45, 7) is 3.61. The van der Waals surface area contributed by atoms with Crippen LogP contribution in [0.25, 0.3) is 0 Å². The minimum atomic E-state index is -0.206. The topological polar surface area (TPSA) is 54.9 Å². The normalized spacial score (nSPS) is 20.5. The highest BCUT2D eigenvalue weighted by Crippen LogP contribution is 2.34. The van der Waals surface area contributed by atoms with E-state index in [0.29, 0.717) is 23.0 Å². The fourth-order valence-corrected chi connectivity index (χ4v) is 3.25. The molecule has 0 saturated heterocycles. The van der Waals surface area contributed by atoms with Gasteiger partial charge in [-0.1, -0.05) is 12.1 Å². The molecule has 1 amide bonds. The van der Waals surface area contributed by atoms with Gasteiger partial charge < -0.3 is 5.32 Å². The number of aromatic nitrogens is 2. The van der Waals surface area contributed by atoms with Crippen molar-refractivity contribution in [2.24, 2.45) is 0 Å². The molecule has 1 saturated carbocycles. The van der Waals surface area contributed by atoms with Gasteiger partial charge >= 0.3 is 0 Å². The number of rotatable bonds is 3. The molecule has 2 atom stereocenters. The maximum Gasteiger partial charge on any atom is 0.254 e. The van der Waals surface area contributed by atoms with Crippen LogP contribution in [0.2, 0.25) is 0 Å². The highest BCUT2D eigenvalue weighted by molar-refractivity contribution is 5.95.